The standard InChI is InChI=1S/C14H29NO/c1-3-13-8-6-9-14(11-13)16-10-5-4-7-12(2)15/h12-14H,3-11,15H2,1-2H3. The summed E-state index contributed by atoms with van der Waals surface area (Å²) in [5.41, 5.74) is 5.71. The van der Waals surface area contributed by atoms with E-state index < -0.39 is 0 Å². The van der Waals surface area contributed by atoms with Crippen molar-refractivity contribution in [2.75, 3.05) is 6.61 Å². The van der Waals surface area contributed by atoms with Gasteiger partial charge in [0.2, 0.25) is 0 Å². The molecule has 0 radical (unpaired) electrons. The van der Waals surface area contributed by atoms with E-state index in [1.54, 1.807) is 0 Å². The van der Waals surface area contributed by atoms with Crippen LogP contribution in [0, 0.1) is 5.92 Å². The molecule has 0 aromatic rings. The first-order valence-electron chi connectivity index (χ1n) is 7.09. The lowest BCUT2D eigenvalue weighted by atomic mass is 9.85. The minimum Gasteiger partial charge on any atom is -0.378 e. The van der Waals surface area contributed by atoms with Gasteiger partial charge >= 0.3 is 0 Å². The Bertz CT molecular complexity index is 170. The molecule has 16 heavy (non-hydrogen) atoms. The number of unbranched alkanes of at least 4 members (excludes halogenated alkanes) is 1. The van der Waals surface area contributed by atoms with Crippen LogP contribution in [0.15, 0.2) is 0 Å². The molecule has 0 saturated heterocycles. The number of hydrogen-bond donors (Lipinski definition) is 1. The van der Waals surface area contributed by atoms with Crippen LogP contribution >= 0.6 is 0 Å². The van der Waals surface area contributed by atoms with Gasteiger partial charge in [0.25, 0.3) is 0 Å². The Hall–Kier alpha value is -0.0800. The fraction of sp³-hybridized carbons (Fsp3) is 1.00. The van der Waals surface area contributed by atoms with Crippen molar-refractivity contribution in [2.45, 2.75) is 77.4 Å². The Kier molecular flexibility index (Phi) is 7.06. The molecular formula is C14H29NO. The lowest BCUT2D eigenvalue weighted by Gasteiger charge is -2.28. The lowest BCUT2D eigenvalue weighted by molar-refractivity contribution is 0.0106. The molecule has 0 aromatic carbocycles. The fourth-order valence-corrected chi connectivity index (χ4v) is 2.58. The van der Waals surface area contributed by atoms with Crippen molar-refractivity contribution in [1.29, 1.82) is 0 Å². The van der Waals surface area contributed by atoms with Gasteiger partial charge in [-0.05, 0) is 44.9 Å². The number of rotatable bonds is 7. The molecule has 1 saturated carbocycles. The summed E-state index contributed by atoms with van der Waals surface area (Å²) in [7, 11) is 0. The van der Waals surface area contributed by atoms with E-state index in [1.807, 2.05) is 0 Å². The Morgan fingerprint density at radius 1 is 1.31 bits per heavy atom. The normalized spacial score (nSPS) is 27.9. The van der Waals surface area contributed by atoms with Crippen LogP contribution in [0.3, 0.4) is 0 Å². The smallest absolute Gasteiger partial charge is 0.0577 e. The number of ether oxygens (including phenoxy) is 1. The van der Waals surface area contributed by atoms with Crippen LogP contribution in [0.5, 0.6) is 0 Å². The van der Waals surface area contributed by atoms with Gasteiger partial charge in [0.1, 0.15) is 0 Å². The third-order valence-corrected chi connectivity index (χ3v) is 3.72. The van der Waals surface area contributed by atoms with Gasteiger partial charge in [-0.2, -0.15) is 0 Å². The maximum atomic E-state index is 5.96. The molecule has 3 unspecified atom stereocenters. The summed E-state index contributed by atoms with van der Waals surface area (Å²) >= 11 is 0. The molecule has 1 fully saturated rings. The zero-order chi connectivity index (χ0) is 11.8. The van der Waals surface area contributed by atoms with Gasteiger partial charge in [0.05, 0.1) is 6.10 Å². The zero-order valence-electron chi connectivity index (χ0n) is 11.1. The topological polar surface area (TPSA) is 35.2 Å². The summed E-state index contributed by atoms with van der Waals surface area (Å²) < 4.78 is 5.96. The Morgan fingerprint density at radius 3 is 2.81 bits per heavy atom. The molecule has 1 aliphatic carbocycles. The highest BCUT2D eigenvalue weighted by molar-refractivity contribution is 4.72. The summed E-state index contributed by atoms with van der Waals surface area (Å²) in [6.07, 6.45) is 10.7. The van der Waals surface area contributed by atoms with Crippen LogP contribution in [0.4, 0.5) is 0 Å². The van der Waals surface area contributed by atoms with Gasteiger partial charge < -0.3 is 10.5 Å². The summed E-state index contributed by atoms with van der Waals surface area (Å²) in [6.45, 7) is 5.32. The maximum absolute atomic E-state index is 5.96. The van der Waals surface area contributed by atoms with Crippen LogP contribution in [0.2, 0.25) is 0 Å². The van der Waals surface area contributed by atoms with Gasteiger partial charge in [-0.25, -0.2) is 0 Å². The van der Waals surface area contributed by atoms with Gasteiger partial charge in [-0.1, -0.05) is 26.2 Å². The summed E-state index contributed by atoms with van der Waals surface area (Å²) in [4.78, 5) is 0. The van der Waals surface area contributed by atoms with Crippen LogP contribution < -0.4 is 5.73 Å². The van der Waals surface area contributed by atoms with E-state index in [4.69, 9.17) is 10.5 Å². The first kappa shape index (κ1) is 14.0. The van der Waals surface area contributed by atoms with Crippen LogP contribution in [0.25, 0.3) is 0 Å². The Balaban J connectivity index is 1.99. The molecule has 96 valence electrons. The van der Waals surface area contributed by atoms with Gasteiger partial charge in [0, 0.05) is 12.6 Å². The van der Waals surface area contributed by atoms with Gasteiger partial charge in [0.15, 0.2) is 0 Å². The molecule has 0 spiro atoms. The SMILES string of the molecule is CCC1CCCC(OCCCCC(C)N)C1. The predicted molar refractivity (Wildman–Crippen MR) is 69.5 cm³/mol. The molecule has 0 aromatic heterocycles. The lowest BCUT2D eigenvalue weighted by Crippen LogP contribution is -2.23. The monoisotopic (exact) mass is 227 g/mol. The van der Waals surface area contributed by atoms with Crippen LogP contribution in [-0.4, -0.2) is 18.8 Å². The Labute approximate surface area is 101 Å². The molecule has 2 nitrogen and oxygen atoms in total. The van der Waals surface area contributed by atoms with Crippen molar-refractivity contribution in [3.63, 3.8) is 0 Å². The highest BCUT2D eigenvalue weighted by Crippen LogP contribution is 2.28. The van der Waals surface area contributed by atoms with Crippen molar-refractivity contribution in [1.82, 2.24) is 0 Å². The quantitative estimate of drug-likeness (QED) is 0.676. The molecule has 2 N–H and O–H groups in total. The van der Waals surface area contributed by atoms with Gasteiger partial charge in [-0.15, -0.1) is 0 Å². The van der Waals surface area contributed by atoms with E-state index in [-0.39, 0.29) is 0 Å². The minimum atomic E-state index is 0.346. The van der Waals surface area contributed by atoms with E-state index >= 15 is 0 Å². The maximum Gasteiger partial charge on any atom is 0.0577 e. The van der Waals surface area contributed by atoms with Crippen molar-refractivity contribution < 1.29 is 4.74 Å². The molecule has 2 heteroatoms. The molecule has 1 aliphatic rings. The van der Waals surface area contributed by atoms with E-state index in [9.17, 15) is 0 Å². The largest absolute Gasteiger partial charge is 0.378 e. The zero-order valence-corrected chi connectivity index (χ0v) is 11.1. The van der Waals surface area contributed by atoms with Crippen molar-refractivity contribution in [3.8, 4) is 0 Å². The summed E-state index contributed by atoms with van der Waals surface area (Å²) in [5.74, 6) is 0.919. The summed E-state index contributed by atoms with van der Waals surface area (Å²) in [5, 5.41) is 0. The molecule has 3 atom stereocenters. The molecule has 1 rings (SSSR count). The predicted octanol–water partition coefficient (Wildman–Crippen LogP) is 3.49. The average Bonchev–Trinajstić information content (AvgIpc) is 2.28. The number of nitrogens with two attached hydrogens (primary N) is 1. The average molecular weight is 227 g/mol. The van der Waals surface area contributed by atoms with E-state index in [1.165, 1.54) is 44.9 Å². The van der Waals surface area contributed by atoms with Crippen LogP contribution in [0.1, 0.15) is 65.2 Å². The fourth-order valence-electron chi connectivity index (χ4n) is 2.58. The highest BCUT2D eigenvalue weighted by atomic mass is 16.5. The second-order valence-electron chi connectivity index (χ2n) is 5.41. The third kappa shape index (κ3) is 5.86. The first-order chi connectivity index (χ1) is 7.72. The number of hydrogen-bond acceptors (Lipinski definition) is 2. The minimum absolute atomic E-state index is 0.346. The second kappa shape index (κ2) is 8.08. The molecule has 0 bridgehead atoms. The van der Waals surface area contributed by atoms with Gasteiger partial charge in [-0.3, -0.25) is 0 Å². The van der Waals surface area contributed by atoms with Crippen LogP contribution in [-0.2, 0) is 4.74 Å². The third-order valence-electron chi connectivity index (χ3n) is 3.72. The van der Waals surface area contributed by atoms with Crippen molar-refractivity contribution >= 4 is 0 Å². The first-order valence-corrected chi connectivity index (χ1v) is 7.09. The van der Waals surface area contributed by atoms with E-state index in [0.29, 0.717) is 12.1 Å². The van der Waals surface area contributed by atoms with E-state index in [2.05, 4.69) is 13.8 Å². The molecular weight excluding hydrogens is 198 g/mol. The van der Waals surface area contributed by atoms with Crippen molar-refractivity contribution in [3.05, 3.63) is 0 Å². The van der Waals surface area contributed by atoms with E-state index in [0.717, 1.165) is 18.9 Å². The Morgan fingerprint density at radius 2 is 2.12 bits per heavy atom. The highest BCUT2D eigenvalue weighted by Gasteiger charge is 2.20. The molecule has 0 heterocycles. The molecule has 0 aliphatic heterocycles. The second-order valence-corrected chi connectivity index (χ2v) is 5.41. The van der Waals surface area contributed by atoms with Crippen molar-refractivity contribution in [2.24, 2.45) is 11.7 Å². The molecule has 0 amide bonds. The summed E-state index contributed by atoms with van der Waals surface area (Å²) in [6, 6.07) is 0.346.